The van der Waals surface area contributed by atoms with Gasteiger partial charge in [0.1, 0.15) is 5.65 Å². The summed E-state index contributed by atoms with van der Waals surface area (Å²) < 4.78 is 2.16. The standard InChI is InChI=1S/C26H27N5O2/c1-18-6-7-19(2)23(14-18)21-8-9-25-28-26(20-4-3-5-22(15-20)31(32)33)24(30(25)16-21)17-29-12-10-27-11-13-29/h3-9,14-16,27H,10-13,17H2,1-2H3. The van der Waals surface area contributed by atoms with E-state index < -0.39 is 0 Å². The number of imidazole rings is 1. The van der Waals surface area contributed by atoms with Crippen LogP contribution in [0.5, 0.6) is 0 Å². The van der Waals surface area contributed by atoms with Crippen molar-refractivity contribution in [3.8, 4) is 22.4 Å². The Hall–Kier alpha value is -3.55. The summed E-state index contributed by atoms with van der Waals surface area (Å²) in [6.07, 6.45) is 2.16. The number of non-ortho nitro benzene ring substituents is 1. The lowest BCUT2D eigenvalue weighted by molar-refractivity contribution is -0.384. The van der Waals surface area contributed by atoms with Gasteiger partial charge in [-0.1, -0.05) is 35.9 Å². The molecule has 1 aliphatic rings. The van der Waals surface area contributed by atoms with E-state index in [9.17, 15) is 10.1 Å². The Morgan fingerprint density at radius 3 is 2.64 bits per heavy atom. The van der Waals surface area contributed by atoms with Crippen LogP contribution in [0.3, 0.4) is 0 Å². The van der Waals surface area contributed by atoms with Crippen LogP contribution in [0, 0.1) is 24.0 Å². The molecule has 168 valence electrons. The zero-order valence-corrected chi connectivity index (χ0v) is 18.9. The number of hydrogen-bond acceptors (Lipinski definition) is 5. The normalized spacial score (nSPS) is 14.6. The van der Waals surface area contributed by atoms with Crippen LogP contribution in [0.4, 0.5) is 5.69 Å². The van der Waals surface area contributed by atoms with Gasteiger partial charge in [-0.05, 0) is 42.7 Å². The van der Waals surface area contributed by atoms with Crippen LogP contribution in [0.2, 0.25) is 0 Å². The first-order valence-corrected chi connectivity index (χ1v) is 11.3. The third kappa shape index (κ3) is 4.25. The van der Waals surface area contributed by atoms with Gasteiger partial charge in [0.05, 0.1) is 16.3 Å². The van der Waals surface area contributed by atoms with E-state index in [-0.39, 0.29) is 10.6 Å². The maximum atomic E-state index is 11.4. The van der Waals surface area contributed by atoms with Gasteiger partial charge < -0.3 is 9.72 Å². The smallest absolute Gasteiger partial charge is 0.270 e. The number of pyridine rings is 1. The minimum Gasteiger partial charge on any atom is -0.314 e. The Bertz CT molecular complexity index is 1340. The van der Waals surface area contributed by atoms with Crippen LogP contribution in [-0.2, 0) is 6.54 Å². The molecule has 0 radical (unpaired) electrons. The first kappa shape index (κ1) is 21.3. The minimum atomic E-state index is -0.353. The van der Waals surface area contributed by atoms with Crippen LogP contribution in [0.1, 0.15) is 16.8 Å². The molecular weight excluding hydrogens is 414 g/mol. The number of nitrogens with zero attached hydrogens (tertiary/aromatic N) is 4. The molecule has 0 amide bonds. The Kier molecular flexibility index (Phi) is 5.66. The molecule has 5 rings (SSSR count). The largest absolute Gasteiger partial charge is 0.314 e. The van der Waals surface area contributed by atoms with E-state index in [1.165, 1.54) is 22.8 Å². The van der Waals surface area contributed by atoms with Gasteiger partial charge in [-0.25, -0.2) is 4.98 Å². The highest BCUT2D eigenvalue weighted by atomic mass is 16.6. The number of benzene rings is 2. The van der Waals surface area contributed by atoms with Crippen molar-refractivity contribution < 1.29 is 4.92 Å². The fourth-order valence-corrected chi connectivity index (χ4v) is 4.53. The molecule has 1 saturated heterocycles. The predicted molar refractivity (Wildman–Crippen MR) is 130 cm³/mol. The van der Waals surface area contributed by atoms with Crippen molar-refractivity contribution in [1.29, 1.82) is 0 Å². The van der Waals surface area contributed by atoms with Crippen LogP contribution in [0.25, 0.3) is 28.0 Å². The van der Waals surface area contributed by atoms with Crippen molar-refractivity contribution in [3.63, 3.8) is 0 Å². The van der Waals surface area contributed by atoms with Gasteiger partial charge in [-0.3, -0.25) is 15.0 Å². The number of nitro groups is 1. The summed E-state index contributed by atoms with van der Waals surface area (Å²) in [4.78, 5) is 18.4. The number of nitrogens with one attached hydrogen (secondary N) is 1. The second kappa shape index (κ2) is 8.77. The molecule has 2 aromatic carbocycles. The van der Waals surface area contributed by atoms with Crippen LogP contribution >= 0.6 is 0 Å². The summed E-state index contributed by atoms with van der Waals surface area (Å²) >= 11 is 0. The zero-order chi connectivity index (χ0) is 22.9. The summed E-state index contributed by atoms with van der Waals surface area (Å²) in [7, 11) is 0. The maximum Gasteiger partial charge on any atom is 0.270 e. The number of aromatic nitrogens is 2. The molecule has 4 aromatic rings. The molecule has 0 aliphatic carbocycles. The van der Waals surface area contributed by atoms with Crippen LogP contribution in [-0.4, -0.2) is 45.4 Å². The van der Waals surface area contributed by atoms with Gasteiger partial charge in [0.2, 0.25) is 0 Å². The van der Waals surface area contributed by atoms with Gasteiger partial charge in [0.25, 0.3) is 5.69 Å². The van der Waals surface area contributed by atoms with Gasteiger partial charge in [-0.2, -0.15) is 0 Å². The third-order valence-electron chi connectivity index (χ3n) is 6.33. The summed E-state index contributed by atoms with van der Waals surface area (Å²) in [6, 6.07) is 17.4. The van der Waals surface area contributed by atoms with Crippen LogP contribution in [0.15, 0.2) is 60.8 Å². The molecule has 1 aliphatic heterocycles. The first-order valence-electron chi connectivity index (χ1n) is 11.3. The van der Waals surface area contributed by atoms with Gasteiger partial charge in [-0.15, -0.1) is 0 Å². The summed E-state index contributed by atoms with van der Waals surface area (Å²) in [5.41, 5.74) is 8.33. The Balaban J connectivity index is 1.67. The maximum absolute atomic E-state index is 11.4. The number of nitro benzene ring substituents is 1. The van der Waals surface area contributed by atoms with Crippen molar-refractivity contribution in [2.75, 3.05) is 26.2 Å². The monoisotopic (exact) mass is 441 g/mol. The number of fused-ring (bicyclic) bond motifs is 1. The lowest BCUT2D eigenvalue weighted by Gasteiger charge is -2.27. The molecule has 3 heterocycles. The van der Waals surface area contributed by atoms with Gasteiger partial charge in [0.15, 0.2) is 0 Å². The number of aryl methyl sites for hydroxylation is 2. The average Bonchev–Trinajstić information content (AvgIpc) is 3.19. The predicted octanol–water partition coefficient (Wildman–Crippen LogP) is 4.60. The molecule has 33 heavy (non-hydrogen) atoms. The molecule has 0 saturated carbocycles. The summed E-state index contributed by atoms with van der Waals surface area (Å²) in [6.45, 7) is 8.79. The molecule has 0 atom stereocenters. The fraction of sp³-hybridized carbons (Fsp3) is 0.269. The zero-order valence-electron chi connectivity index (χ0n) is 18.9. The highest BCUT2D eigenvalue weighted by Crippen LogP contribution is 2.31. The van der Waals surface area contributed by atoms with E-state index in [0.29, 0.717) is 0 Å². The lowest BCUT2D eigenvalue weighted by atomic mass is 10.00. The SMILES string of the molecule is Cc1ccc(C)c(-c2ccc3nc(-c4cccc([N+](=O)[O-])c4)c(CN4CCNCC4)n3c2)c1. The van der Waals surface area contributed by atoms with E-state index in [1.54, 1.807) is 12.1 Å². The molecule has 2 aromatic heterocycles. The van der Waals surface area contributed by atoms with Crippen molar-refractivity contribution >= 4 is 11.3 Å². The summed E-state index contributed by atoms with van der Waals surface area (Å²) in [5.74, 6) is 0. The molecule has 7 nitrogen and oxygen atoms in total. The van der Waals surface area contributed by atoms with E-state index in [2.05, 4.69) is 58.9 Å². The second-order valence-electron chi connectivity index (χ2n) is 8.71. The van der Waals surface area contributed by atoms with Crippen molar-refractivity contribution in [2.24, 2.45) is 0 Å². The van der Waals surface area contributed by atoms with E-state index in [1.807, 2.05) is 12.1 Å². The Labute approximate surface area is 192 Å². The molecule has 0 spiro atoms. The second-order valence-corrected chi connectivity index (χ2v) is 8.71. The minimum absolute atomic E-state index is 0.0775. The molecular formula is C26H27N5O2. The fourth-order valence-electron chi connectivity index (χ4n) is 4.53. The van der Waals surface area contributed by atoms with Crippen molar-refractivity contribution in [2.45, 2.75) is 20.4 Å². The number of piperazine rings is 1. The molecule has 1 N–H and O–H groups in total. The molecule has 0 unspecified atom stereocenters. The van der Waals surface area contributed by atoms with Gasteiger partial charge in [0, 0.05) is 56.6 Å². The van der Waals surface area contributed by atoms with Gasteiger partial charge >= 0.3 is 0 Å². The molecule has 7 heteroatoms. The van der Waals surface area contributed by atoms with E-state index in [0.717, 1.165) is 60.9 Å². The van der Waals surface area contributed by atoms with Crippen LogP contribution < -0.4 is 5.32 Å². The third-order valence-corrected chi connectivity index (χ3v) is 6.33. The number of hydrogen-bond donors (Lipinski definition) is 1. The average molecular weight is 442 g/mol. The highest BCUT2D eigenvalue weighted by Gasteiger charge is 2.20. The summed E-state index contributed by atoms with van der Waals surface area (Å²) in [5, 5.41) is 14.8. The highest BCUT2D eigenvalue weighted by molar-refractivity contribution is 5.72. The van der Waals surface area contributed by atoms with E-state index >= 15 is 0 Å². The lowest BCUT2D eigenvalue weighted by Crippen LogP contribution is -2.43. The quantitative estimate of drug-likeness (QED) is 0.362. The molecule has 0 bridgehead atoms. The first-order chi connectivity index (χ1) is 16.0. The Morgan fingerprint density at radius 1 is 1.03 bits per heavy atom. The van der Waals surface area contributed by atoms with Crippen molar-refractivity contribution in [3.05, 3.63) is 87.7 Å². The topological polar surface area (TPSA) is 75.7 Å². The Morgan fingerprint density at radius 2 is 1.85 bits per heavy atom. The van der Waals surface area contributed by atoms with Crippen molar-refractivity contribution in [1.82, 2.24) is 19.6 Å². The number of rotatable bonds is 5. The molecule has 1 fully saturated rings. The van der Waals surface area contributed by atoms with E-state index in [4.69, 9.17) is 4.98 Å².